The van der Waals surface area contributed by atoms with E-state index in [1.165, 1.54) is 0 Å². The van der Waals surface area contributed by atoms with Gasteiger partial charge in [0.15, 0.2) is 0 Å². The number of rotatable bonds is 0. The summed E-state index contributed by atoms with van der Waals surface area (Å²) in [6, 6.07) is 0. The van der Waals surface area contributed by atoms with Crippen molar-refractivity contribution in [3.8, 4) is 0 Å². The molecule has 10 N–H and O–H groups in total. The Balaban J connectivity index is -0.0000000178. The van der Waals surface area contributed by atoms with Gasteiger partial charge in [-0.15, -0.1) is 0 Å². The molecule has 0 aliphatic carbocycles. The molecule has 14 heavy (non-hydrogen) atoms. The van der Waals surface area contributed by atoms with Gasteiger partial charge >= 0.3 is 17.1 Å². The van der Waals surface area contributed by atoms with E-state index in [0.717, 1.165) is 0 Å². The summed E-state index contributed by atoms with van der Waals surface area (Å²) in [7, 11) is -9.83. The first-order valence-electron chi connectivity index (χ1n) is 1.37. The quantitative estimate of drug-likeness (QED) is 0.207. The van der Waals surface area contributed by atoms with E-state index >= 15 is 0 Å². The maximum Gasteiger partial charge on any atom is 2.00 e. The minimum Gasteiger partial charge on any atom is -0.726 e. The third-order valence-corrected chi connectivity index (χ3v) is 0. The molecular weight excluding hydrogens is 300 g/mol. The summed E-state index contributed by atoms with van der Waals surface area (Å²) in [5.74, 6) is 0. The van der Waals surface area contributed by atoms with E-state index in [2.05, 4.69) is 0 Å². The van der Waals surface area contributed by atoms with Crippen molar-refractivity contribution in [1.29, 1.82) is 0 Å². The first-order chi connectivity index (χ1) is 4.00. The van der Waals surface area contributed by atoms with Gasteiger partial charge in [-0.3, -0.25) is 9.11 Å². The van der Waals surface area contributed by atoms with Crippen LogP contribution >= 0.6 is 0 Å². The van der Waals surface area contributed by atoms with E-state index in [1.807, 2.05) is 0 Å². The van der Waals surface area contributed by atoms with Crippen molar-refractivity contribution in [3.63, 3.8) is 0 Å². The van der Waals surface area contributed by atoms with Crippen LogP contribution in [0.5, 0.6) is 0 Å². The molecule has 0 aliphatic rings. The molecule has 11 nitrogen and oxygen atoms in total. The SMILES string of the molecule is N.N.O.O=S(=O)([O-])O.O=S(=O)([O-])O.[Cu+2]. The first-order valence-corrected chi connectivity index (χ1v) is 4.10. The van der Waals surface area contributed by atoms with E-state index in [-0.39, 0.29) is 34.8 Å². The number of hydrogen-bond acceptors (Lipinski definition) is 8. The molecular formula is H10CuN2O9S2. The second-order valence-electron chi connectivity index (χ2n) is 0.855. The summed E-state index contributed by atoms with van der Waals surface area (Å²) in [4.78, 5) is 0. The topological polar surface area (TPSA) is 256 Å². The average molecular weight is 310 g/mol. The van der Waals surface area contributed by atoms with Crippen LogP contribution in [0.4, 0.5) is 0 Å². The van der Waals surface area contributed by atoms with E-state index in [9.17, 15) is 0 Å². The molecule has 0 saturated carbocycles. The van der Waals surface area contributed by atoms with Crippen LogP contribution < -0.4 is 12.3 Å². The van der Waals surface area contributed by atoms with Crippen molar-refractivity contribution in [2.45, 2.75) is 0 Å². The van der Waals surface area contributed by atoms with Gasteiger partial charge in [0.05, 0.1) is 0 Å². The third-order valence-electron chi connectivity index (χ3n) is 0. The van der Waals surface area contributed by atoms with Crippen molar-refractivity contribution in [2.24, 2.45) is 0 Å². The Kier molecular flexibility index (Phi) is 34.6. The zero-order valence-electron chi connectivity index (χ0n) is 6.38. The Morgan fingerprint density at radius 3 is 0.786 bits per heavy atom. The molecule has 1 radical (unpaired) electrons. The van der Waals surface area contributed by atoms with Crippen molar-refractivity contribution < 1.29 is 57.6 Å². The molecule has 0 bridgehead atoms. The van der Waals surface area contributed by atoms with Gasteiger partial charge in [0.1, 0.15) is 0 Å². The minimum absolute atomic E-state index is 0. The van der Waals surface area contributed by atoms with Gasteiger partial charge in [-0.2, -0.15) is 0 Å². The van der Waals surface area contributed by atoms with Crippen LogP contribution in [0, 0.1) is 0 Å². The summed E-state index contributed by atoms with van der Waals surface area (Å²) in [6.07, 6.45) is 0. The fraction of sp³-hybridized carbons (Fsp3) is 0. The molecule has 0 atom stereocenters. The Morgan fingerprint density at radius 1 is 0.786 bits per heavy atom. The van der Waals surface area contributed by atoms with Gasteiger partial charge in [0, 0.05) is 0 Å². The molecule has 97 valence electrons. The molecule has 0 saturated heterocycles. The van der Waals surface area contributed by atoms with Crippen LogP contribution in [0.15, 0.2) is 0 Å². The molecule has 0 aromatic rings. The smallest absolute Gasteiger partial charge is 0.726 e. The van der Waals surface area contributed by atoms with Gasteiger partial charge in [-0.05, 0) is 0 Å². The Hall–Kier alpha value is 0.139. The summed E-state index contributed by atoms with van der Waals surface area (Å²) in [5.41, 5.74) is 0. The molecule has 0 rings (SSSR count). The summed E-state index contributed by atoms with van der Waals surface area (Å²) in [5, 5.41) is 0. The predicted molar refractivity (Wildman–Crippen MR) is 38.3 cm³/mol. The molecule has 14 heteroatoms. The molecule has 0 unspecified atom stereocenters. The van der Waals surface area contributed by atoms with Crippen LogP contribution in [-0.2, 0) is 37.9 Å². The standard InChI is InChI=1S/Cu.2H3N.2H2O4S.H2O/c;;;2*1-5(2,3)4;/h;2*1H3;2*(H2,1,2,3,4);1H2/q+2;;;;;/p-2. The maximum atomic E-state index is 8.63. The van der Waals surface area contributed by atoms with Gasteiger partial charge in [-0.1, -0.05) is 0 Å². The third kappa shape index (κ3) is 77400. The molecule has 0 heterocycles. The summed E-state index contributed by atoms with van der Waals surface area (Å²) >= 11 is 0. The van der Waals surface area contributed by atoms with E-state index in [4.69, 9.17) is 35.0 Å². The molecule has 0 aromatic heterocycles. The predicted octanol–water partition coefficient (Wildman–Crippen LogP) is -2.49. The van der Waals surface area contributed by atoms with Crippen LogP contribution in [-0.4, -0.2) is 40.5 Å². The van der Waals surface area contributed by atoms with E-state index < -0.39 is 20.8 Å². The average Bonchev–Trinajstić information content (AvgIpc) is 1.12. The second kappa shape index (κ2) is 13.1. The molecule has 0 spiro atoms. The second-order valence-corrected chi connectivity index (χ2v) is 2.57. The Bertz CT molecular complexity index is 217. The van der Waals surface area contributed by atoms with E-state index in [1.54, 1.807) is 0 Å². The fourth-order valence-electron chi connectivity index (χ4n) is 0. The van der Waals surface area contributed by atoms with Gasteiger partial charge < -0.3 is 26.9 Å². The minimum atomic E-state index is -4.92. The van der Waals surface area contributed by atoms with Crippen LogP contribution in [0.2, 0.25) is 0 Å². The largest absolute Gasteiger partial charge is 2.00 e. The van der Waals surface area contributed by atoms with Gasteiger partial charge in [0.2, 0.25) is 20.8 Å². The Morgan fingerprint density at radius 2 is 0.786 bits per heavy atom. The van der Waals surface area contributed by atoms with Crippen LogP contribution in [0.1, 0.15) is 0 Å². The summed E-state index contributed by atoms with van der Waals surface area (Å²) < 4.78 is 65.7. The Labute approximate surface area is 91.0 Å². The molecule has 0 amide bonds. The normalized spacial score (nSPS) is 8.29. The van der Waals surface area contributed by atoms with E-state index in [0.29, 0.717) is 0 Å². The maximum absolute atomic E-state index is 8.63. The van der Waals surface area contributed by atoms with Crippen molar-refractivity contribution in [3.05, 3.63) is 0 Å². The van der Waals surface area contributed by atoms with Gasteiger partial charge in [-0.25, -0.2) is 16.8 Å². The number of hydrogen-bond donors (Lipinski definition) is 4. The molecule has 0 aromatic carbocycles. The zero-order chi connectivity index (χ0) is 9.00. The fourth-order valence-corrected chi connectivity index (χ4v) is 0. The van der Waals surface area contributed by atoms with Crippen LogP contribution in [0.3, 0.4) is 0 Å². The van der Waals surface area contributed by atoms with Crippen LogP contribution in [0.25, 0.3) is 0 Å². The molecule has 0 aliphatic heterocycles. The first kappa shape index (κ1) is 36.8. The van der Waals surface area contributed by atoms with Crippen molar-refractivity contribution in [2.75, 3.05) is 0 Å². The molecule has 0 fully saturated rings. The van der Waals surface area contributed by atoms with Crippen molar-refractivity contribution in [1.82, 2.24) is 12.3 Å². The summed E-state index contributed by atoms with van der Waals surface area (Å²) in [6.45, 7) is 0. The van der Waals surface area contributed by atoms with Gasteiger partial charge in [0.25, 0.3) is 0 Å². The van der Waals surface area contributed by atoms with Crippen molar-refractivity contribution >= 4 is 20.8 Å². The zero-order valence-corrected chi connectivity index (χ0v) is 8.95. The monoisotopic (exact) mass is 309 g/mol.